The summed E-state index contributed by atoms with van der Waals surface area (Å²) in [6, 6.07) is 0. The van der Waals surface area contributed by atoms with Crippen LogP contribution in [0.25, 0.3) is 25.3 Å². The van der Waals surface area contributed by atoms with Gasteiger partial charge in [0.15, 0.2) is 0 Å². The molecule has 0 aromatic heterocycles. The monoisotopic (exact) mass is 210 g/mol. The number of hydrogen-bond donors (Lipinski definition) is 0. The van der Waals surface area contributed by atoms with Gasteiger partial charge in [-0.1, -0.05) is 50.6 Å². The Bertz CT molecular complexity index is 584. The van der Waals surface area contributed by atoms with Crippen LogP contribution in [0.1, 0.15) is 11.1 Å². The van der Waals surface area contributed by atoms with Gasteiger partial charge in [0.05, 0.1) is 0 Å². The summed E-state index contributed by atoms with van der Waals surface area (Å²) in [7, 11) is 0. The zero-order valence-corrected chi connectivity index (χ0v) is 10.1. The molecule has 0 radical (unpaired) electrons. The van der Waals surface area contributed by atoms with E-state index in [9.17, 15) is 0 Å². The Balaban J connectivity index is 4.10. The maximum Gasteiger partial charge on any atom is -0.0152 e. The van der Waals surface area contributed by atoms with E-state index in [-0.39, 0.29) is 0 Å². The minimum atomic E-state index is 0.969. The second-order valence-electron chi connectivity index (χ2n) is 3.84. The van der Waals surface area contributed by atoms with Crippen molar-refractivity contribution in [2.45, 2.75) is 13.8 Å². The normalized spacial score (nSPS) is 12.9. The third-order valence-corrected chi connectivity index (χ3v) is 2.95. The average molecular weight is 210 g/mol. The highest BCUT2D eigenvalue weighted by molar-refractivity contribution is 5.47. The fraction of sp³-hybridized carbons (Fsp3) is 0.125. The average Bonchev–Trinajstić information content (AvgIpc) is 2.28. The molecule has 0 aliphatic heterocycles. The topological polar surface area (TPSA) is 0 Å². The number of hydrogen-bond acceptors (Lipinski definition) is 0. The lowest BCUT2D eigenvalue weighted by Crippen LogP contribution is -2.49. The summed E-state index contributed by atoms with van der Waals surface area (Å²) in [4.78, 5) is 0. The fourth-order valence-corrected chi connectivity index (χ4v) is 1.87. The first-order valence-electron chi connectivity index (χ1n) is 5.27. The van der Waals surface area contributed by atoms with Gasteiger partial charge in [-0.2, -0.15) is 0 Å². The van der Waals surface area contributed by atoms with E-state index in [1.807, 2.05) is 12.2 Å². The molecule has 16 heavy (non-hydrogen) atoms. The van der Waals surface area contributed by atoms with Gasteiger partial charge in [0.1, 0.15) is 0 Å². The maximum atomic E-state index is 4.09. The van der Waals surface area contributed by atoms with Crippen LogP contribution in [0.2, 0.25) is 0 Å². The third kappa shape index (κ3) is 1.92. The van der Waals surface area contributed by atoms with Crippen molar-refractivity contribution >= 4 is 25.3 Å². The Morgan fingerprint density at radius 2 is 1.06 bits per heavy atom. The highest BCUT2D eigenvalue weighted by Crippen LogP contribution is 1.90. The molecular weight excluding hydrogens is 192 g/mol. The lowest BCUT2D eigenvalue weighted by atomic mass is 10.0. The standard InChI is InChI=1S/C16H18/c1-7-9-15-11(3)13(5)16(10-8-2)14(6)12(15)4/h7-10H,1-3,5H2,4,6H3/b15-9+,16-10+. The number of allylic oxidation sites excluding steroid dienone is 2. The molecule has 0 spiro atoms. The van der Waals surface area contributed by atoms with Crippen molar-refractivity contribution in [2.75, 3.05) is 0 Å². The van der Waals surface area contributed by atoms with Crippen molar-refractivity contribution in [3.63, 3.8) is 0 Å². The first-order chi connectivity index (χ1) is 7.54. The van der Waals surface area contributed by atoms with E-state index in [0.717, 1.165) is 20.9 Å². The molecule has 0 amide bonds. The highest BCUT2D eigenvalue weighted by atomic mass is 14.0. The van der Waals surface area contributed by atoms with Gasteiger partial charge < -0.3 is 0 Å². The Morgan fingerprint density at radius 1 is 0.750 bits per heavy atom. The molecule has 0 atom stereocenters. The molecule has 0 nitrogen and oxygen atoms in total. The van der Waals surface area contributed by atoms with E-state index in [4.69, 9.17) is 0 Å². The molecule has 1 rings (SSSR count). The lowest BCUT2D eigenvalue weighted by Gasteiger charge is -2.04. The van der Waals surface area contributed by atoms with Gasteiger partial charge in [-0.3, -0.25) is 0 Å². The largest absolute Gasteiger partial charge is 0.0990 e. The first-order valence-corrected chi connectivity index (χ1v) is 5.27. The Hall–Kier alpha value is -1.82. The summed E-state index contributed by atoms with van der Waals surface area (Å²) in [6.45, 7) is 19.8. The second kappa shape index (κ2) is 4.80. The number of rotatable bonds is 2. The molecule has 0 aliphatic rings. The molecular formula is C16H18. The molecule has 0 heterocycles. The van der Waals surface area contributed by atoms with Crippen LogP contribution in [0, 0.1) is 13.8 Å². The molecule has 0 aliphatic carbocycles. The van der Waals surface area contributed by atoms with Crippen LogP contribution in [-0.4, -0.2) is 0 Å². The second-order valence-corrected chi connectivity index (χ2v) is 3.84. The third-order valence-electron chi connectivity index (χ3n) is 2.95. The van der Waals surface area contributed by atoms with Gasteiger partial charge in [0, 0.05) is 0 Å². The number of benzene rings is 1. The van der Waals surface area contributed by atoms with Gasteiger partial charge in [-0.25, -0.2) is 0 Å². The molecule has 1 aromatic rings. The molecule has 0 unspecified atom stereocenters. The predicted octanol–water partition coefficient (Wildman–Crippen LogP) is 1.06. The first kappa shape index (κ1) is 12.3. The van der Waals surface area contributed by atoms with Crippen LogP contribution in [0.3, 0.4) is 0 Å². The molecule has 0 saturated carbocycles. The van der Waals surface area contributed by atoms with Crippen molar-refractivity contribution in [1.29, 1.82) is 0 Å². The van der Waals surface area contributed by atoms with Crippen LogP contribution in [0.15, 0.2) is 25.3 Å². The fourth-order valence-electron chi connectivity index (χ4n) is 1.87. The zero-order chi connectivity index (χ0) is 12.3. The Morgan fingerprint density at radius 3 is 1.31 bits per heavy atom. The van der Waals surface area contributed by atoms with E-state index in [1.165, 1.54) is 11.1 Å². The maximum absolute atomic E-state index is 4.09. The predicted molar refractivity (Wildman–Crippen MR) is 74.8 cm³/mol. The van der Waals surface area contributed by atoms with E-state index >= 15 is 0 Å². The summed E-state index contributed by atoms with van der Waals surface area (Å²) >= 11 is 0. The zero-order valence-electron chi connectivity index (χ0n) is 10.1. The summed E-state index contributed by atoms with van der Waals surface area (Å²) in [6.07, 6.45) is 7.54. The van der Waals surface area contributed by atoms with Crippen molar-refractivity contribution in [3.05, 3.63) is 57.3 Å². The highest BCUT2D eigenvalue weighted by Gasteiger charge is 1.99. The summed E-state index contributed by atoms with van der Waals surface area (Å²) < 4.78 is 0. The van der Waals surface area contributed by atoms with E-state index in [0.29, 0.717) is 0 Å². The smallest absolute Gasteiger partial charge is 0.0152 e. The molecule has 0 N–H and O–H groups in total. The molecule has 0 bridgehead atoms. The van der Waals surface area contributed by atoms with Crippen LogP contribution in [0.4, 0.5) is 0 Å². The van der Waals surface area contributed by atoms with Gasteiger partial charge >= 0.3 is 0 Å². The quantitative estimate of drug-likeness (QED) is 0.684. The molecule has 0 saturated heterocycles. The van der Waals surface area contributed by atoms with Crippen LogP contribution in [0.5, 0.6) is 0 Å². The minimum absolute atomic E-state index is 0.969. The lowest BCUT2D eigenvalue weighted by molar-refractivity contribution is 1.22. The minimum Gasteiger partial charge on any atom is -0.0990 e. The van der Waals surface area contributed by atoms with Gasteiger partial charge in [-0.05, 0) is 45.8 Å². The molecule has 0 heteroatoms. The van der Waals surface area contributed by atoms with E-state index in [1.54, 1.807) is 12.2 Å². The van der Waals surface area contributed by atoms with E-state index in [2.05, 4.69) is 40.2 Å². The Labute approximate surface area is 96.9 Å². The van der Waals surface area contributed by atoms with Crippen molar-refractivity contribution < 1.29 is 0 Å². The van der Waals surface area contributed by atoms with Crippen molar-refractivity contribution in [3.8, 4) is 0 Å². The van der Waals surface area contributed by atoms with Crippen LogP contribution in [-0.2, 0) is 0 Å². The van der Waals surface area contributed by atoms with Gasteiger partial charge in [0.2, 0.25) is 0 Å². The molecule has 82 valence electrons. The van der Waals surface area contributed by atoms with Crippen LogP contribution < -0.4 is 20.9 Å². The summed E-state index contributed by atoms with van der Waals surface area (Å²) in [5.41, 5.74) is 2.45. The SMILES string of the molecule is C=C/C=c1/c(C)c(C)/c(=C/C=C)c(=C)c1=C. The molecule has 1 aromatic carbocycles. The van der Waals surface area contributed by atoms with Crippen molar-refractivity contribution in [1.82, 2.24) is 0 Å². The summed E-state index contributed by atoms with van der Waals surface area (Å²) in [5.74, 6) is 0. The van der Waals surface area contributed by atoms with Gasteiger partial charge in [-0.15, -0.1) is 0 Å². The Kier molecular flexibility index (Phi) is 3.68. The van der Waals surface area contributed by atoms with Crippen molar-refractivity contribution in [2.24, 2.45) is 0 Å². The van der Waals surface area contributed by atoms with Gasteiger partial charge in [0.25, 0.3) is 0 Å². The molecule has 0 fully saturated rings. The van der Waals surface area contributed by atoms with Crippen LogP contribution >= 0.6 is 0 Å². The van der Waals surface area contributed by atoms with E-state index < -0.39 is 0 Å². The summed E-state index contributed by atoms with van der Waals surface area (Å²) in [5, 5.41) is 4.18.